The molecule has 0 heterocycles. The molecule has 0 saturated heterocycles. The van der Waals surface area contributed by atoms with Crippen LogP contribution in [0.1, 0.15) is 31.7 Å². The lowest BCUT2D eigenvalue weighted by Crippen LogP contribution is -2.18. The van der Waals surface area contributed by atoms with Gasteiger partial charge in [-0.15, -0.1) is 0 Å². The average molecular weight is 226 g/mol. The van der Waals surface area contributed by atoms with Crippen LogP contribution < -0.4 is 0 Å². The number of benzene rings is 1. The minimum absolute atomic E-state index is 0.208. The van der Waals surface area contributed by atoms with Crippen LogP contribution in [0.25, 0.3) is 6.08 Å². The molecule has 88 valence electrons. The molecule has 0 N–H and O–H groups in total. The van der Waals surface area contributed by atoms with E-state index in [2.05, 4.69) is 12.1 Å². The lowest BCUT2D eigenvalue weighted by Gasteiger charge is -2.18. The minimum Gasteiger partial charge on any atom is -0.294 e. The van der Waals surface area contributed by atoms with E-state index in [0.717, 1.165) is 24.8 Å². The molecule has 0 bridgehead atoms. The van der Waals surface area contributed by atoms with Gasteiger partial charge in [0.2, 0.25) is 0 Å². The number of rotatable bonds is 2. The van der Waals surface area contributed by atoms with Gasteiger partial charge < -0.3 is 0 Å². The number of hydrogen-bond acceptors (Lipinski definition) is 1. The van der Waals surface area contributed by atoms with Gasteiger partial charge in [-0.3, -0.25) is 4.79 Å². The summed E-state index contributed by atoms with van der Waals surface area (Å²) in [5.74, 6) is 0.536. The minimum atomic E-state index is 0.208. The zero-order valence-electron chi connectivity index (χ0n) is 10.2. The highest BCUT2D eigenvalue weighted by Crippen LogP contribution is 2.24. The van der Waals surface area contributed by atoms with E-state index in [4.69, 9.17) is 0 Å². The maximum atomic E-state index is 11.9. The molecule has 1 aromatic rings. The van der Waals surface area contributed by atoms with Crippen molar-refractivity contribution >= 4 is 11.9 Å². The summed E-state index contributed by atoms with van der Waals surface area (Å²) in [4.78, 5) is 11.9. The lowest BCUT2D eigenvalue weighted by atomic mass is 9.85. The first kappa shape index (κ1) is 11.8. The molecule has 1 nitrogen and oxygen atoms in total. The largest absolute Gasteiger partial charge is 0.294 e. The molecule has 1 aromatic carbocycles. The quantitative estimate of drug-likeness (QED) is 0.696. The van der Waals surface area contributed by atoms with Gasteiger partial charge in [0.1, 0.15) is 0 Å². The standard InChI is InChI=1S/C16H18O/c1-13-7-5-11-15(16(13)17)12-6-10-14-8-3-2-4-9-14/h2-4,6,8-10,12-13H,5,7,11H2,1H3/b10-6+,15-12+/t13-/m1/s1. The van der Waals surface area contributed by atoms with E-state index in [-0.39, 0.29) is 5.92 Å². The van der Waals surface area contributed by atoms with E-state index in [1.807, 2.05) is 43.4 Å². The number of allylic oxidation sites excluding steroid dienone is 3. The van der Waals surface area contributed by atoms with Gasteiger partial charge >= 0.3 is 0 Å². The van der Waals surface area contributed by atoms with Crippen LogP contribution >= 0.6 is 0 Å². The van der Waals surface area contributed by atoms with Gasteiger partial charge in [0.25, 0.3) is 0 Å². The van der Waals surface area contributed by atoms with Crippen LogP contribution in [-0.4, -0.2) is 5.78 Å². The summed E-state index contributed by atoms with van der Waals surface area (Å²) >= 11 is 0. The SMILES string of the molecule is C[C@@H]1CCC/C(=C\C=C\c2ccccc2)C1=O. The Bertz CT molecular complexity index is 440. The maximum Gasteiger partial charge on any atom is 0.161 e. The topological polar surface area (TPSA) is 17.1 Å². The van der Waals surface area contributed by atoms with E-state index >= 15 is 0 Å². The molecular weight excluding hydrogens is 208 g/mol. The predicted molar refractivity (Wildman–Crippen MR) is 71.6 cm³/mol. The molecule has 0 aromatic heterocycles. The van der Waals surface area contributed by atoms with E-state index in [9.17, 15) is 4.79 Å². The Balaban J connectivity index is 2.05. The van der Waals surface area contributed by atoms with E-state index < -0.39 is 0 Å². The Morgan fingerprint density at radius 1 is 1.24 bits per heavy atom. The number of hydrogen-bond donors (Lipinski definition) is 0. The second kappa shape index (κ2) is 5.62. The van der Waals surface area contributed by atoms with E-state index in [1.165, 1.54) is 5.56 Å². The molecule has 2 rings (SSSR count). The third kappa shape index (κ3) is 3.16. The average Bonchev–Trinajstić information content (AvgIpc) is 2.36. The van der Waals surface area contributed by atoms with Crippen molar-refractivity contribution in [3.8, 4) is 0 Å². The Labute approximate surface area is 103 Å². The van der Waals surface area contributed by atoms with Gasteiger partial charge in [-0.2, -0.15) is 0 Å². The van der Waals surface area contributed by atoms with Crippen molar-refractivity contribution in [2.75, 3.05) is 0 Å². The first-order valence-electron chi connectivity index (χ1n) is 6.24. The highest BCUT2D eigenvalue weighted by atomic mass is 16.1. The number of ketones is 1. The molecule has 0 unspecified atom stereocenters. The van der Waals surface area contributed by atoms with Crippen molar-refractivity contribution in [3.05, 3.63) is 53.6 Å². The second-order valence-electron chi connectivity index (χ2n) is 4.62. The first-order chi connectivity index (χ1) is 8.27. The van der Waals surface area contributed by atoms with Crippen LogP contribution in [0.5, 0.6) is 0 Å². The highest BCUT2D eigenvalue weighted by Gasteiger charge is 2.21. The predicted octanol–water partition coefficient (Wildman–Crippen LogP) is 4.02. The first-order valence-corrected chi connectivity index (χ1v) is 6.24. The molecule has 0 aliphatic heterocycles. The van der Waals surface area contributed by atoms with Crippen molar-refractivity contribution in [3.63, 3.8) is 0 Å². The Morgan fingerprint density at radius 3 is 2.76 bits per heavy atom. The third-order valence-corrected chi connectivity index (χ3v) is 3.23. The fraction of sp³-hybridized carbons (Fsp3) is 0.312. The number of carbonyl (C=O) groups is 1. The Hall–Kier alpha value is -1.63. The molecule has 0 amide bonds. The van der Waals surface area contributed by atoms with Crippen LogP contribution in [0.3, 0.4) is 0 Å². The van der Waals surface area contributed by atoms with Crippen molar-refractivity contribution in [1.29, 1.82) is 0 Å². The van der Waals surface area contributed by atoms with Crippen LogP contribution in [-0.2, 0) is 4.79 Å². The van der Waals surface area contributed by atoms with Crippen molar-refractivity contribution in [2.45, 2.75) is 26.2 Å². The van der Waals surface area contributed by atoms with Gasteiger partial charge in [-0.25, -0.2) is 0 Å². The molecule has 17 heavy (non-hydrogen) atoms. The van der Waals surface area contributed by atoms with Crippen LogP contribution in [0.15, 0.2) is 48.1 Å². The summed E-state index contributed by atoms with van der Waals surface area (Å²) in [6, 6.07) is 10.1. The lowest BCUT2D eigenvalue weighted by molar-refractivity contribution is -0.119. The zero-order valence-corrected chi connectivity index (χ0v) is 10.2. The molecular formula is C16H18O. The Kier molecular flexibility index (Phi) is 3.92. The fourth-order valence-electron chi connectivity index (χ4n) is 2.17. The van der Waals surface area contributed by atoms with Crippen molar-refractivity contribution < 1.29 is 4.79 Å². The number of carbonyl (C=O) groups excluding carboxylic acids is 1. The molecule has 1 aliphatic rings. The van der Waals surface area contributed by atoms with Crippen LogP contribution in [0, 0.1) is 5.92 Å². The van der Waals surface area contributed by atoms with Gasteiger partial charge in [-0.05, 0) is 30.4 Å². The maximum absolute atomic E-state index is 11.9. The monoisotopic (exact) mass is 226 g/mol. The second-order valence-corrected chi connectivity index (χ2v) is 4.62. The molecule has 1 atom stereocenters. The molecule has 1 heteroatoms. The van der Waals surface area contributed by atoms with Gasteiger partial charge in [-0.1, -0.05) is 55.5 Å². The molecule has 1 aliphatic carbocycles. The normalized spacial score (nSPS) is 23.5. The number of Topliss-reactive ketones (excluding diaryl/α,β-unsaturated/α-hetero) is 1. The summed E-state index contributed by atoms with van der Waals surface area (Å²) in [6.07, 6.45) is 9.12. The summed E-state index contributed by atoms with van der Waals surface area (Å²) in [5, 5.41) is 0. The van der Waals surface area contributed by atoms with Gasteiger partial charge in [0.05, 0.1) is 0 Å². The van der Waals surface area contributed by atoms with Crippen LogP contribution in [0.2, 0.25) is 0 Å². The summed E-state index contributed by atoms with van der Waals surface area (Å²) in [7, 11) is 0. The van der Waals surface area contributed by atoms with Gasteiger partial charge in [0.15, 0.2) is 5.78 Å². The van der Waals surface area contributed by atoms with Crippen LogP contribution in [0.4, 0.5) is 0 Å². The van der Waals surface area contributed by atoms with E-state index in [1.54, 1.807) is 0 Å². The molecule has 0 spiro atoms. The summed E-state index contributed by atoms with van der Waals surface area (Å²) in [5.41, 5.74) is 2.15. The van der Waals surface area contributed by atoms with Crippen molar-refractivity contribution in [2.24, 2.45) is 5.92 Å². The van der Waals surface area contributed by atoms with E-state index in [0.29, 0.717) is 5.78 Å². The summed E-state index contributed by atoms with van der Waals surface area (Å²) in [6.45, 7) is 2.02. The highest BCUT2D eigenvalue weighted by molar-refractivity contribution is 5.97. The van der Waals surface area contributed by atoms with Crippen molar-refractivity contribution in [1.82, 2.24) is 0 Å². The smallest absolute Gasteiger partial charge is 0.161 e. The fourth-order valence-corrected chi connectivity index (χ4v) is 2.17. The third-order valence-electron chi connectivity index (χ3n) is 3.23. The molecule has 1 saturated carbocycles. The molecule has 0 radical (unpaired) electrons. The summed E-state index contributed by atoms with van der Waals surface area (Å²) < 4.78 is 0. The Morgan fingerprint density at radius 2 is 2.00 bits per heavy atom. The van der Waals surface area contributed by atoms with Gasteiger partial charge in [0, 0.05) is 5.92 Å². The zero-order chi connectivity index (χ0) is 12.1. The molecule has 1 fully saturated rings.